The lowest BCUT2D eigenvalue weighted by Gasteiger charge is -2.06. The van der Waals surface area contributed by atoms with E-state index in [1.54, 1.807) is 0 Å². The van der Waals surface area contributed by atoms with Gasteiger partial charge in [0, 0.05) is 18.7 Å². The summed E-state index contributed by atoms with van der Waals surface area (Å²) in [4.78, 5) is 11.7. The molecule has 0 aliphatic carbocycles. The van der Waals surface area contributed by atoms with Gasteiger partial charge in [-0.05, 0) is 54.7 Å². The minimum absolute atomic E-state index is 0.0389. The van der Waals surface area contributed by atoms with E-state index in [9.17, 15) is 13.6 Å². The maximum Gasteiger partial charge on any atom is 0.220 e. The predicted molar refractivity (Wildman–Crippen MR) is 86.9 cm³/mol. The van der Waals surface area contributed by atoms with Gasteiger partial charge in [0.2, 0.25) is 5.91 Å². The number of aryl methyl sites for hydroxylation is 1. The van der Waals surface area contributed by atoms with Gasteiger partial charge in [-0.15, -0.1) is 0 Å². The molecule has 0 saturated heterocycles. The Balaban J connectivity index is 1.65. The second kappa shape index (κ2) is 8.27. The number of hydrogen-bond acceptors (Lipinski definition) is 2. The van der Waals surface area contributed by atoms with Crippen molar-refractivity contribution in [2.75, 3.05) is 12.3 Å². The lowest BCUT2D eigenvalue weighted by molar-refractivity contribution is -0.121. The Morgan fingerprint density at radius 1 is 0.957 bits per heavy atom. The van der Waals surface area contributed by atoms with Crippen LogP contribution in [0.25, 0.3) is 0 Å². The van der Waals surface area contributed by atoms with Gasteiger partial charge in [0.25, 0.3) is 0 Å². The molecule has 3 nitrogen and oxygen atoms in total. The van der Waals surface area contributed by atoms with E-state index in [1.165, 1.54) is 12.1 Å². The molecule has 0 unspecified atom stereocenters. The second-order valence-electron chi connectivity index (χ2n) is 5.44. The Kier molecular flexibility index (Phi) is 6.09. The van der Waals surface area contributed by atoms with E-state index < -0.39 is 11.6 Å². The third kappa shape index (κ3) is 5.70. The van der Waals surface area contributed by atoms with Gasteiger partial charge in [0.1, 0.15) is 0 Å². The van der Waals surface area contributed by atoms with Crippen molar-refractivity contribution >= 4 is 11.6 Å². The summed E-state index contributed by atoms with van der Waals surface area (Å²) < 4.78 is 25.9. The van der Waals surface area contributed by atoms with E-state index in [-0.39, 0.29) is 5.91 Å². The first-order chi connectivity index (χ1) is 11.0. The first kappa shape index (κ1) is 16.9. The van der Waals surface area contributed by atoms with E-state index in [4.69, 9.17) is 5.73 Å². The van der Waals surface area contributed by atoms with Crippen molar-refractivity contribution in [3.05, 3.63) is 65.2 Å². The highest BCUT2D eigenvalue weighted by Gasteiger charge is 2.05. The molecule has 3 N–H and O–H groups in total. The van der Waals surface area contributed by atoms with Crippen molar-refractivity contribution in [3.8, 4) is 0 Å². The van der Waals surface area contributed by atoms with Crippen LogP contribution in [0.1, 0.15) is 24.0 Å². The van der Waals surface area contributed by atoms with Crippen molar-refractivity contribution in [1.29, 1.82) is 0 Å². The van der Waals surface area contributed by atoms with Crippen molar-refractivity contribution in [3.63, 3.8) is 0 Å². The van der Waals surface area contributed by atoms with Gasteiger partial charge in [-0.1, -0.05) is 18.2 Å². The monoisotopic (exact) mass is 318 g/mol. The molecule has 0 atom stereocenters. The summed E-state index contributed by atoms with van der Waals surface area (Å²) in [6.45, 7) is 0.563. The van der Waals surface area contributed by atoms with E-state index in [1.807, 2.05) is 24.3 Å². The summed E-state index contributed by atoms with van der Waals surface area (Å²) in [6.07, 6.45) is 2.25. The maximum absolute atomic E-state index is 13.1. The van der Waals surface area contributed by atoms with Crippen LogP contribution in [-0.2, 0) is 17.6 Å². The van der Waals surface area contributed by atoms with Crippen LogP contribution in [0.5, 0.6) is 0 Å². The number of hydrogen-bond donors (Lipinski definition) is 2. The first-order valence-electron chi connectivity index (χ1n) is 7.59. The topological polar surface area (TPSA) is 55.1 Å². The fraction of sp³-hybridized carbons (Fsp3) is 0.278. The van der Waals surface area contributed by atoms with E-state index in [2.05, 4.69) is 5.32 Å². The third-order valence-electron chi connectivity index (χ3n) is 3.57. The molecule has 0 aliphatic rings. The number of anilines is 1. The van der Waals surface area contributed by atoms with Crippen molar-refractivity contribution in [2.24, 2.45) is 0 Å². The minimum atomic E-state index is -0.853. The largest absolute Gasteiger partial charge is 0.399 e. The number of carbonyl (C=O) groups is 1. The lowest BCUT2D eigenvalue weighted by Crippen LogP contribution is -2.25. The molecular weight excluding hydrogens is 298 g/mol. The van der Waals surface area contributed by atoms with Gasteiger partial charge in [0.15, 0.2) is 11.6 Å². The predicted octanol–water partition coefficient (Wildman–Crippen LogP) is 3.23. The normalized spacial score (nSPS) is 10.5. The Hall–Kier alpha value is -2.43. The van der Waals surface area contributed by atoms with Crippen LogP contribution in [0, 0.1) is 11.6 Å². The molecule has 0 radical (unpaired) electrons. The number of nitrogens with two attached hydrogens (primary N) is 1. The van der Waals surface area contributed by atoms with Crippen LogP contribution in [-0.4, -0.2) is 12.5 Å². The molecule has 5 heteroatoms. The molecule has 1 amide bonds. The second-order valence-corrected chi connectivity index (χ2v) is 5.44. The molecule has 122 valence electrons. The van der Waals surface area contributed by atoms with Crippen molar-refractivity contribution in [2.45, 2.75) is 25.7 Å². The Morgan fingerprint density at radius 3 is 2.35 bits per heavy atom. The van der Waals surface area contributed by atoms with Crippen LogP contribution in [0.3, 0.4) is 0 Å². The zero-order chi connectivity index (χ0) is 16.7. The van der Waals surface area contributed by atoms with Gasteiger partial charge >= 0.3 is 0 Å². The molecule has 2 aromatic rings. The minimum Gasteiger partial charge on any atom is -0.399 e. The summed E-state index contributed by atoms with van der Waals surface area (Å²) >= 11 is 0. The zero-order valence-corrected chi connectivity index (χ0v) is 12.8. The molecule has 0 aliphatic heterocycles. The van der Waals surface area contributed by atoms with Crippen LogP contribution >= 0.6 is 0 Å². The lowest BCUT2D eigenvalue weighted by atomic mass is 10.1. The summed E-state index contributed by atoms with van der Waals surface area (Å²) in [5.74, 6) is -1.74. The van der Waals surface area contributed by atoms with Gasteiger partial charge in [0.05, 0.1) is 0 Å². The Labute approximate surface area is 134 Å². The summed E-state index contributed by atoms with van der Waals surface area (Å²) in [5, 5.41) is 2.85. The standard InChI is InChI=1S/C18H20F2N2O/c19-16-9-6-14(12-17(16)20)2-1-3-18(23)22-11-10-13-4-7-15(21)8-5-13/h4-9,12H,1-3,10-11,21H2,(H,22,23). The summed E-state index contributed by atoms with van der Waals surface area (Å²) in [6, 6.07) is 11.4. The van der Waals surface area contributed by atoms with Gasteiger partial charge in [-0.2, -0.15) is 0 Å². The SMILES string of the molecule is Nc1ccc(CCNC(=O)CCCc2ccc(F)c(F)c2)cc1. The van der Waals surface area contributed by atoms with E-state index in [0.29, 0.717) is 31.4 Å². The van der Waals surface area contributed by atoms with E-state index >= 15 is 0 Å². The molecule has 0 fully saturated rings. The molecule has 2 rings (SSSR count). The number of nitrogens with one attached hydrogen (secondary N) is 1. The highest BCUT2D eigenvalue weighted by atomic mass is 19.2. The van der Waals surface area contributed by atoms with Gasteiger partial charge in [-0.3, -0.25) is 4.79 Å². The first-order valence-corrected chi connectivity index (χ1v) is 7.59. The summed E-state index contributed by atoms with van der Waals surface area (Å²) in [7, 11) is 0. The van der Waals surface area contributed by atoms with E-state index in [0.717, 1.165) is 23.7 Å². The van der Waals surface area contributed by atoms with Crippen LogP contribution in [0.4, 0.5) is 14.5 Å². The number of halogens is 2. The molecular formula is C18H20F2N2O. The molecule has 23 heavy (non-hydrogen) atoms. The van der Waals surface area contributed by atoms with Crippen molar-refractivity contribution in [1.82, 2.24) is 5.32 Å². The molecule has 2 aromatic carbocycles. The Bertz CT molecular complexity index is 657. The summed E-state index contributed by atoms with van der Waals surface area (Å²) in [5.41, 5.74) is 8.13. The molecule has 0 aromatic heterocycles. The Morgan fingerprint density at radius 2 is 1.65 bits per heavy atom. The van der Waals surface area contributed by atoms with Crippen LogP contribution < -0.4 is 11.1 Å². The highest BCUT2D eigenvalue weighted by molar-refractivity contribution is 5.75. The zero-order valence-electron chi connectivity index (χ0n) is 12.8. The molecule has 0 heterocycles. The number of rotatable bonds is 7. The maximum atomic E-state index is 13.1. The molecule has 0 saturated carbocycles. The number of amides is 1. The van der Waals surface area contributed by atoms with Crippen LogP contribution in [0.15, 0.2) is 42.5 Å². The number of benzene rings is 2. The van der Waals surface area contributed by atoms with Gasteiger partial charge < -0.3 is 11.1 Å². The average molecular weight is 318 g/mol. The molecule has 0 bridgehead atoms. The van der Waals surface area contributed by atoms with Crippen molar-refractivity contribution < 1.29 is 13.6 Å². The number of carbonyl (C=O) groups excluding carboxylic acids is 1. The highest BCUT2D eigenvalue weighted by Crippen LogP contribution is 2.11. The quantitative estimate of drug-likeness (QED) is 0.770. The van der Waals surface area contributed by atoms with Crippen LogP contribution in [0.2, 0.25) is 0 Å². The third-order valence-corrected chi connectivity index (χ3v) is 3.57. The molecule has 0 spiro atoms. The van der Waals surface area contributed by atoms with Gasteiger partial charge in [-0.25, -0.2) is 8.78 Å². The number of nitrogen functional groups attached to an aromatic ring is 1. The fourth-order valence-electron chi connectivity index (χ4n) is 2.27. The smallest absolute Gasteiger partial charge is 0.220 e. The fourth-order valence-corrected chi connectivity index (χ4v) is 2.27. The average Bonchev–Trinajstić information content (AvgIpc) is 2.53.